The van der Waals surface area contributed by atoms with Gasteiger partial charge in [-0.15, -0.1) is 0 Å². The third kappa shape index (κ3) is 2.82. The summed E-state index contributed by atoms with van der Waals surface area (Å²) in [4.78, 5) is 15.5. The predicted octanol–water partition coefficient (Wildman–Crippen LogP) is 1.46. The normalized spacial score (nSPS) is 10.1. The Bertz CT molecular complexity index is 385. The first-order valence-electron chi connectivity index (χ1n) is 4.37. The van der Waals surface area contributed by atoms with Crippen LogP contribution in [0.25, 0.3) is 0 Å². The second kappa shape index (κ2) is 5.32. The molecule has 0 saturated carbocycles. The predicted molar refractivity (Wildman–Crippen MR) is 58.2 cm³/mol. The van der Waals surface area contributed by atoms with E-state index in [9.17, 15) is 4.79 Å². The van der Waals surface area contributed by atoms with Gasteiger partial charge in [0.15, 0.2) is 5.56 Å². The Labute approximate surface area is 97.6 Å². The molecule has 0 amide bonds. The van der Waals surface area contributed by atoms with Crippen molar-refractivity contribution in [1.82, 2.24) is 4.98 Å². The van der Waals surface area contributed by atoms with Crippen LogP contribution in [0.2, 0.25) is 5.15 Å². The lowest BCUT2D eigenvalue weighted by Crippen LogP contribution is -2.33. The topological polar surface area (TPSA) is 43.1 Å². The van der Waals surface area contributed by atoms with Gasteiger partial charge in [0.1, 0.15) is 6.20 Å². The second-order valence-corrected chi connectivity index (χ2v) is 3.89. The maximum atomic E-state index is 11.5. The van der Waals surface area contributed by atoms with Gasteiger partial charge in [-0.3, -0.25) is 0 Å². The molecule has 6 heteroatoms. The number of hydrogen-bond donors (Lipinski definition) is 0. The molecule has 0 spiro atoms. The number of nitrogens with zero attached hydrogens (tertiary/aromatic N) is 2. The monoisotopic (exact) mass is 247 g/mol. The highest BCUT2D eigenvalue weighted by Gasteiger charge is 2.21. The molecule has 0 radical (unpaired) electrons. The zero-order valence-corrected chi connectivity index (χ0v) is 10.4. The van der Waals surface area contributed by atoms with Crippen LogP contribution in [0.4, 0.5) is 0 Å². The second-order valence-electron chi connectivity index (χ2n) is 2.76. The molecule has 1 aromatic rings. The molecule has 15 heavy (non-hydrogen) atoms. The minimum absolute atomic E-state index is 0.177. The van der Waals surface area contributed by atoms with Crippen molar-refractivity contribution in [2.24, 2.45) is 7.05 Å². The van der Waals surface area contributed by atoms with Crippen LogP contribution in [-0.2, 0) is 11.8 Å². The number of esters is 1. The fourth-order valence-corrected chi connectivity index (χ4v) is 1.84. The molecule has 0 atom stereocenters. The molecule has 1 rings (SSSR count). The summed E-state index contributed by atoms with van der Waals surface area (Å²) < 4.78 is 6.59. The van der Waals surface area contributed by atoms with Crippen molar-refractivity contribution in [2.75, 3.05) is 12.9 Å². The average molecular weight is 248 g/mol. The lowest BCUT2D eigenvalue weighted by molar-refractivity contribution is -0.713. The van der Waals surface area contributed by atoms with Crippen LogP contribution in [0.3, 0.4) is 0 Å². The number of aryl methyl sites for hydroxylation is 1. The van der Waals surface area contributed by atoms with Crippen LogP contribution < -0.4 is 4.57 Å². The smallest absolute Gasteiger partial charge is 0.360 e. The van der Waals surface area contributed by atoms with Crippen molar-refractivity contribution >= 4 is 29.3 Å². The van der Waals surface area contributed by atoms with Crippen LogP contribution in [0.1, 0.15) is 17.3 Å². The van der Waals surface area contributed by atoms with E-state index >= 15 is 0 Å². The number of thioether (sulfide) groups is 1. The SMILES string of the molecule is CCOC(=O)c1c[n+](C)c(SC)nc1Cl. The van der Waals surface area contributed by atoms with Gasteiger partial charge in [0.2, 0.25) is 0 Å². The third-order valence-corrected chi connectivity index (χ3v) is 2.75. The molecule has 0 fully saturated rings. The van der Waals surface area contributed by atoms with Crippen molar-refractivity contribution in [3.8, 4) is 0 Å². The molecule has 0 aromatic carbocycles. The van der Waals surface area contributed by atoms with Crippen LogP contribution in [-0.4, -0.2) is 23.8 Å². The molecule has 4 nitrogen and oxygen atoms in total. The molecule has 1 aromatic heterocycles. The van der Waals surface area contributed by atoms with E-state index < -0.39 is 5.97 Å². The first-order chi connectivity index (χ1) is 7.10. The molecule has 0 unspecified atom stereocenters. The zero-order chi connectivity index (χ0) is 11.4. The highest BCUT2D eigenvalue weighted by Crippen LogP contribution is 2.15. The molecule has 0 aliphatic heterocycles. The van der Waals surface area contributed by atoms with Crippen molar-refractivity contribution in [2.45, 2.75) is 12.1 Å². The number of hydrogen-bond acceptors (Lipinski definition) is 4. The van der Waals surface area contributed by atoms with E-state index in [1.165, 1.54) is 11.8 Å². The minimum Gasteiger partial charge on any atom is -0.462 e. The molecule has 0 aliphatic rings. The number of carbonyl (C=O) groups excluding carboxylic acids is 1. The molecular formula is C9H12ClN2O2S+. The Hall–Kier alpha value is -0.810. The number of aromatic nitrogens is 2. The van der Waals surface area contributed by atoms with Crippen molar-refractivity contribution in [1.29, 1.82) is 0 Å². The van der Waals surface area contributed by atoms with E-state index in [0.717, 1.165) is 5.16 Å². The van der Waals surface area contributed by atoms with E-state index in [2.05, 4.69) is 4.98 Å². The Morgan fingerprint density at radius 1 is 1.73 bits per heavy atom. The van der Waals surface area contributed by atoms with Gasteiger partial charge in [-0.25, -0.2) is 9.36 Å². The third-order valence-electron chi connectivity index (χ3n) is 1.72. The van der Waals surface area contributed by atoms with E-state index in [-0.39, 0.29) is 5.15 Å². The lowest BCUT2D eigenvalue weighted by atomic mass is 10.3. The molecule has 0 bridgehead atoms. The lowest BCUT2D eigenvalue weighted by Gasteiger charge is -2.02. The number of carbonyl (C=O) groups is 1. The number of halogens is 1. The summed E-state index contributed by atoms with van der Waals surface area (Å²) >= 11 is 7.33. The summed E-state index contributed by atoms with van der Waals surface area (Å²) in [7, 11) is 1.80. The standard InChI is InChI=1S/C9H12ClN2O2S/c1-4-14-8(13)6-5-12(2)9(15-3)11-7(6)10/h5H,4H2,1-3H3/q+1. The van der Waals surface area contributed by atoms with Crippen molar-refractivity contribution in [3.63, 3.8) is 0 Å². The van der Waals surface area contributed by atoms with Gasteiger partial charge in [-0.1, -0.05) is 0 Å². The average Bonchev–Trinajstić information content (AvgIpc) is 2.21. The van der Waals surface area contributed by atoms with Crippen LogP contribution in [0.5, 0.6) is 0 Å². The van der Waals surface area contributed by atoms with E-state index in [1.807, 2.05) is 6.26 Å². The van der Waals surface area contributed by atoms with E-state index in [1.54, 1.807) is 24.7 Å². The summed E-state index contributed by atoms with van der Waals surface area (Å²) in [6, 6.07) is 0. The van der Waals surface area contributed by atoms with Gasteiger partial charge in [0.05, 0.1) is 13.7 Å². The van der Waals surface area contributed by atoms with Gasteiger partial charge < -0.3 is 4.74 Å². The first kappa shape index (κ1) is 12.3. The molecule has 0 aliphatic carbocycles. The van der Waals surface area contributed by atoms with Crippen molar-refractivity contribution in [3.05, 3.63) is 16.9 Å². The quantitative estimate of drug-likeness (QED) is 0.267. The Morgan fingerprint density at radius 2 is 2.40 bits per heavy atom. The molecule has 0 N–H and O–H groups in total. The zero-order valence-electron chi connectivity index (χ0n) is 8.78. The summed E-state index contributed by atoms with van der Waals surface area (Å²) in [5.41, 5.74) is 0.291. The fourth-order valence-electron chi connectivity index (χ4n) is 1.06. The summed E-state index contributed by atoms with van der Waals surface area (Å²) in [5.74, 6) is -0.446. The fraction of sp³-hybridized carbons (Fsp3) is 0.444. The van der Waals surface area contributed by atoms with Gasteiger partial charge in [0, 0.05) is 0 Å². The number of ether oxygens (including phenoxy) is 1. The Kier molecular flexibility index (Phi) is 4.35. The van der Waals surface area contributed by atoms with Crippen LogP contribution in [0.15, 0.2) is 11.4 Å². The Morgan fingerprint density at radius 3 is 2.93 bits per heavy atom. The maximum Gasteiger partial charge on any atom is 0.360 e. The first-order valence-corrected chi connectivity index (χ1v) is 5.97. The van der Waals surface area contributed by atoms with Gasteiger partial charge in [-0.05, 0) is 41.5 Å². The molecular weight excluding hydrogens is 236 g/mol. The van der Waals surface area contributed by atoms with Gasteiger partial charge in [0.25, 0.3) is 5.15 Å². The summed E-state index contributed by atoms with van der Waals surface area (Å²) in [6.07, 6.45) is 3.52. The van der Waals surface area contributed by atoms with E-state index in [4.69, 9.17) is 16.3 Å². The minimum atomic E-state index is -0.446. The number of rotatable bonds is 3. The Balaban J connectivity index is 3.10. The van der Waals surface area contributed by atoms with Crippen LogP contribution >= 0.6 is 23.4 Å². The maximum absolute atomic E-state index is 11.5. The molecule has 0 saturated heterocycles. The highest BCUT2D eigenvalue weighted by molar-refractivity contribution is 7.98. The van der Waals surface area contributed by atoms with Gasteiger partial charge in [-0.2, -0.15) is 0 Å². The van der Waals surface area contributed by atoms with E-state index in [0.29, 0.717) is 12.2 Å². The summed E-state index contributed by atoms with van der Waals surface area (Å²) in [6.45, 7) is 2.07. The van der Waals surface area contributed by atoms with Gasteiger partial charge >= 0.3 is 11.1 Å². The van der Waals surface area contributed by atoms with Crippen molar-refractivity contribution < 1.29 is 14.1 Å². The largest absolute Gasteiger partial charge is 0.462 e. The highest BCUT2D eigenvalue weighted by atomic mass is 35.5. The molecule has 82 valence electrons. The molecule has 1 heterocycles. The van der Waals surface area contributed by atoms with Crippen LogP contribution in [0, 0.1) is 0 Å². The summed E-state index contributed by atoms with van der Waals surface area (Å²) in [5, 5.41) is 0.920.